The zero-order chi connectivity index (χ0) is 12.4. The quantitative estimate of drug-likeness (QED) is 0.897. The lowest BCUT2D eigenvalue weighted by Gasteiger charge is -2.37. The van der Waals surface area contributed by atoms with Crippen LogP contribution in [0, 0.1) is 5.92 Å². The van der Waals surface area contributed by atoms with Crippen LogP contribution in [0.2, 0.25) is 5.02 Å². The van der Waals surface area contributed by atoms with Gasteiger partial charge in [-0.25, -0.2) is 0 Å². The van der Waals surface area contributed by atoms with Gasteiger partial charge in [0.2, 0.25) is 0 Å². The molecule has 0 aliphatic carbocycles. The van der Waals surface area contributed by atoms with Gasteiger partial charge in [-0.2, -0.15) is 0 Å². The van der Waals surface area contributed by atoms with Gasteiger partial charge in [0.1, 0.15) is 0 Å². The Bertz CT molecular complexity index is 395. The summed E-state index contributed by atoms with van der Waals surface area (Å²) >= 11 is 9.72. The molecule has 94 valence electrons. The predicted octanol–water partition coefficient (Wildman–Crippen LogP) is 3.54. The maximum atomic E-state index is 6.14. The zero-order valence-electron chi connectivity index (χ0n) is 10.2. The van der Waals surface area contributed by atoms with E-state index in [9.17, 15) is 0 Å². The zero-order valence-corrected chi connectivity index (χ0v) is 12.6. The topological polar surface area (TPSA) is 15.3 Å². The maximum absolute atomic E-state index is 6.14. The fourth-order valence-electron chi connectivity index (χ4n) is 2.18. The van der Waals surface area contributed by atoms with Crippen molar-refractivity contribution in [3.8, 4) is 0 Å². The minimum atomic E-state index is 0.551. The molecule has 1 aliphatic rings. The van der Waals surface area contributed by atoms with Gasteiger partial charge in [0, 0.05) is 25.7 Å². The Morgan fingerprint density at radius 3 is 2.94 bits per heavy atom. The Kier molecular flexibility index (Phi) is 4.34. The fourth-order valence-corrected chi connectivity index (χ4v) is 2.86. The lowest BCUT2D eigenvalue weighted by atomic mass is 10.0. The van der Waals surface area contributed by atoms with Crippen molar-refractivity contribution in [2.45, 2.75) is 19.9 Å². The van der Waals surface area contributed by atoms with Gasteiger partial charge in [-0.1, -0.05) is 31.5 Å². The Morgan fingerprint density at radius 2 is 2.24 bits per heavy atom. The molecule has 1 N–H and O–H groups in total. The van der Waals surface area contributed by atoms with Crippen LogP contribution >= 0.6 is 27.5 Å². The highest BCUT2D eigenvalue weighted by Gasteiger charge is 2.23. The van der Waals surface area contributed by atoms with Crippen molar-refractivity contribution in [1.82, 2.24) is 5.32 Å². The highest BCUT2D eigenvalue weighted by molar-refractivity contribution is 9.10. The summed E-state index contributed by atoms with van der Waals surface area (Å²) < 4.78 is 1.01. The first-order valence-electron chi connectivity index (χ1n) is 6.02. The number of anilines is 1. The van der Waals surface area contributed by atoms with Crippen LogP contribution < -0.4 is 10.2 Å². The molecule has 0 amide bonds. The lowest BCUT2D eigenvalue weighted by molar-refractivity contribution is 0.368. The molecule has 1 saturated heterocycles. The summed E-state index contributed by atoms with van der Waals surface area (Å²) in [6.45, 7) is 7.61. The SMILES string of the molecule is CC(C)C1CN(c2cccc(Cl)c2Br)CCN1. The van der Waals surface area contributed by atoms with Gasteiger partial charge in [-0.05, 0) is 34.0 Å². The molecule has 1 aromatic carbocycles. The molecule has 2 rings (SSSR count). The molecule has 2 nitrogen and oxygen atoms in total. The predicted molar refractivity (Wildman–Crippen MR) is 78.0 cm³/mol. The van der Waals surface area contributed by atoms with E-state index >= 15 is 0 Å². The maximum Gasteiger partial charge on any atom is 0.0595 e. The number of nitrogens with one attached hydrogen (secondary N) is 1. The van der Waals surface area contributed by atoms with Crippen LogP contribution in [0.15, 0.2) is 22.7 Å². The lowest BCUT2D eigenvalue weighted by Crippen LogP contribution is -2.53. The number of halogens is 2. The monoisotopic (exact) mass is 316 g/mol. The van der Waals surface area contributed by atoms with Gasteiger partial charge in [0.05, 0.1) is 15.2 Å². The molecular weight excluding hydrogens is 300 g/mol. The van der Waals surface area contributed by atoms with E-state index in [1.165, 1.54) is 5.69 Å². The molecular formula is C13H18BrClN2. The van der Waals surface area contributed by atoms with Gasteiger partial charge in [-0.3, -0.25) is 0 Å². The van der Waals surface area contributed by atoms with Crippen LogP contribution in [0.1, 0.15) is 13.8 Å². The van der Waals surface area contributed by atoms with E-state index in [1.54, 1.807) is 0 Å². The molecule has 0 radical (unpaired) electrons. The second-order valence-corrected chi connectivity index (χ2v) is 6.02. The smallest absolute Gasteiger partial charge is 0.0595 e. The average Bonchev–Trinajstić information content (AvgIpc) is 2.33. The fraction of sp³-hybridized carbons (Fsp3) is 0.538. The third-order valence-electron chi connectivity index (χ3n) is 3.28. The van der Waals surface area contributed by atoms with Crippen LogP contribution in [0.5, 0.6) is 0 Å². The number of nitrogens with zero attached hydrogens (tertiary/aromatic N) is 1. The molecule has 1 aliphatic heterocycles. The summed E-state index contributed by atoms with van der Waals surface area (Å²) in [5.74, 6) is 0.649. The molecule has 1 atom stereocenters. The summed E-state index contributed by atoms with van der Waals surface area (Å²) in [5.41, 5.74) is 1.20. The highest BCUT2D eigenvalue weighted by atomic mass is 79.9. The number of hydrogen-bond donors (Lipinski definition) is 1. The molecule has 1 aromatic rings. The molecule has 17 heavy (non-hydrogen) atoms. The third-order valence-corrected chi connectivity index (χ3v) is 4.66. The molecule has 1 unspecified atom stereocenters. The van der Waals surface area contributed by atoms with Crippen molar-refractivity contribution in [2.75, 3.05) is 24.5 Å². The van der Waals surface area contributed by atoms with Crippen molar-refractivity contribution in [3.63, 3.8) is 0 Å². The van der Waals surface area contributed by atoms with Crippen LogP contribution in [0.25, 0.3) is 0 Å². The van der Waals surface area contributed by atoms with Gasteiger partial charge >= 0.3 is 0 Å². The molecule has 4 heteroatoms. The molecule has 0 aromatic heterocycles. The van der Waals surface area contributed by atoms with Crippen molar-refractivity contribution < 1.29 is 0 Å². The molecule has 0 saturated carbocycles. The minimum absolute atomic E-state index is 0.551. The third kappa shape index (κ3) is 2.95. The van der Waals surface area contributed by atoms with E-state index in [2.05, 4.69) is 46.1 Å². The number of hydrogen-bond acceptors (Lipinski definition) is 2. The normalized spacial score (nSPS) is 21.0. The van der Waals surface area contributed by atoms with Gasteiger partial charge < -0.3 is 10.2 Å². The van der Waals surface area contributed by atoms with Crippen molar-refractivity contribution in [2.24, 2.45) is 5.92 Å². The van der Waals surface area contributed by atoms with E-state index in [0.29, 0.717) is 12.0 Å². The van der Waals surface area contributed by atoms with Crippen LogP contribution in [-0.2, 0) is 0 Å². The Morgan fingerprint density at radius 1 is 1.47 bits per heavy atom. The molecule has 0 spiro atoms. The molecule has 0 bridgehead atoms. The first-order chi connectivity index (χ1) is 8.09. The largest absolute Gasteiger partial charge is 0.368 e. The first kappa shape index (κ1) is 13.2. The van der Waals surface area contributed by atoms with Gasteiger partial charge in [-0.15, -0.1) is 0 Å². The summed E-state index contributed by atoms with van der Waals surface area (Å²) in [7, 11) is 0. The summed E-state index contributed by atoms with van der Waals surface area (Å²) in [4.78, 5) is 2.40. The summed E-state index contributed by atoms with van der Waals surface area (Å²) in [6, 6.07) is 6.60. The number of benzene rings is 1. The minimum Gasteiger partial charge on any atom is -0.368 e. The highest BCUT2D eigenvalue weighted by Crippen LogP contribution is 2.33. The van der Waals surface area contributed by atoms with E-state index in [0.717, 1.165) is 29.1 Å². The van der Waals surface area contributed by atoms with E-state index in [-0.39, 0.29) is 0 Å². The number of rotatable bonds is 2. The Hall–Kier alpha value is -0.250. The average molecular weight is 318 g/mol. The van der Waals surface area contributed by atoms with Crippen molar-refractivity contribution in [1.29, 1.82) is 0 Å². The van der Waals surface area contributed by atoms with Crippen LogP contribution in [-0.4, -0.2) is 25.7 Å². The van der Waals surface area contributed by atoms with Crippen LogP contribution in [0.4, 0.5) is 5.69 Å². The van der Waals surface area contributed by atoms with Crippen molar-refractivity contribution in [3.05, 3.63) is 27.7 Å². The second kappa shape index (κ2) is 5.59. The summed E-state index contributed by atoms with van der Waals surface area (Å²) in [5, 5.41) is 4.34. The van der Waals surface area contributed by atoms with E-state index < -0.39 is 0 Å². The Balaban J connectivity index is 2.19. The molecule has 1 fully saturated rings. The second-order valence-electron chi connectivity index (χ2n) is 4.82. The number of piperazine rings is 1. The Labute approximate surface area is 116 Å². The standard InChI is InChI=1S/C13H18BrClN2/c1-9(2)11-8-17(7-6-16-11)12-5-3-4-10(15)13(12)14/h3-5,9,11,16H,6-8H2,1-2H3. The summed E-state index contributed by atoms with van der Waals surface area (Å²) in [6.07, 6.45) is 0. The van der Waals surface area contributed by atoms with E-state index in [1.807, 2.05) is 12.1 Å². The van der Waals surface area contributed by atoms with Crippen molar-refractivity contribution >= 4 is 33.2 Å². The van der Waals surface area contributed by atoms with Gasteiger partial charge in [0.15, 0.2) is 0 Å². The van der Waals surface area contributed by atoms with Gasteiger partial charge in [0.25, 0.3) is 0 Å². The van der Waals surface area contributed by atoms with E-state index in [4.69, 9.17) is 11.6 Å². The first-order valence-corrected chi connectivity index (χ1v) is 7.19. The van der Waals surface area contributed by atoms with Crippen LogP contribution in [0.3, 0.4) is 0 Å². The molecule has 1 heterocycles.